The average molecular weight is 454 g/mol. The lowest BCUT2D eigenvalue weighted by atomic mass is 10.1. The lowest BCUT2D eigenvalue weighted by Gasteiger charge is -2.32. The number of carbonyl (C=O) groups excluding carboxylic acids is 2. The molecule has 0 aromatic heterocycles. The molecule has 1 atom stereocenters. The summed E-state index contributed by atoms with van der Waals surface area (Å²) in [6, 6.07) is 6.25. The number of nitrogens with one attached hydrogen (secondary N) is 2. The Balaban J connectivity index is 1.53. The van der Waals surface area contributed by atoms with Crippen molar-refractivity contribution in [1.29, 1.82) is 0 Å². The molecule has 0 unspecified atom stereocenters. The Morgan fingerprint density at radius 3 is 2.33 bits per heavy atom. The Bertz CT molecular complexity index is 846. The predicted molar refractivity (Wildman–Crippen MR) is 119 cm³/mol. The van der Waals surface area contributed by atoms with Crippen molar-refractivity contribution in [2.24, 2.45) is 5.92 Å². The number of nitrogens with zero attached hydrogens (tertiary/aromatic N) is 1. The molecule has 2 amide bonds. The van der Waals surface area contributed by atoms with Gasteiger partial charge in [-0.05, 0) is 63.2 Å². The lowest BCUT2D eigenvalue weighted by molar-refractivity contribution is -0.130. The van der Waals surface area contributed by atoms with Gasteiger partial charge in [-0.1, -0.05) is 17.7 Å². The maximum atomic E-state index is 12.8. The third-order valence-electron chi connectivity index (χ3n) is 5.65. The van der Waals surface area contributed by atoms with Crippen LogP contribution in [0.5, 0.6) is 0 Å². The second-order valence-electron chi connectivity index (χ2n) is 8.12. The van der Waals surface area contributed by atoms with Crippen molar-refractivity contribution in [1.82, 2.24) is 14.9 Å². The molecule has 1 saturated carbocycles. The van der Waals surface area contributed by atoms with E-state index in [9.17, 15) is 18.0 Å². The van der Waals surface area contributed by atoms with Crippen LogP contribution in [0.4, 0.5) is 0 Å². The number of carbonyl (C=O) groups is 2. The molecule has 0 spiro atoms. The molecule has 2 aliphatic rings. The summed E-state index contributed by atoms with van der Waals surface area (Å²) in [6.07, 6.45) is 5.48. The molecule has 30 heavy (non-hydrogen) atoms. The Kier molecular flexibility index (Phi) is 7.81. The molecule has 9 heteroatoms. The van der Waals surface area contributed by atoms with Crippen molar-refractivity contribution < 1.29 is 18.0 Å². The highest BCUT2D eigenvalue weighted by Gasteiger charge is 2.34. The van der Waals surface area contributed by atoms with Crippen LogP contribution in [0.2, 0.25) is 0 Å². The first-order chi connectivity index (χ1) is 14.3. The van der Waals surface area contributed by atoms with Gasteiger partial charge in [0.05, 0.1) is 4.90 Å². The Hall–Kier alpha value is -1.58. The summed E-state index contributed by atoms with van der Waals surface area (Å²) in [5, 5.41) is 5.92. The van der Waals surface area contributed by atoms with Crippen LogP contribution in [0.1, 0.15) is 37.7 Å². The summed E-state index contributed by atoms with van der Waals surface area (Å²) in [6.45, 7) is 2.65. The van der Waals surface area contributed by atoms with E-state index in [2.05, 4.69) is 10.6 Å². The largest absolute Gasteiger partial charge is 0.351 e. The third-order valence-corrected chi connectivity index (χ3v) is 8.21. The van der Waals surface area contributed by atoms with Crippen LogP contribution in [0.3, 0.4) is 0 Å². The minimum Gasteiger partial charge on any atom is -0.351 e. The molecule has 1 saturated heterocycles. The van der Waals surface area contributed by atoms with Gasteiger partial charge in [-0.3, -0.25) is 9.59 Å². The van der Waals surface area contributed by atoms with Gasteiger partial charge in [0.2, 0.25) is 21.8 Å². The Morgan fingerprint density at radius 2 is 1.77 bits per heavy atom. The fraction of sp³-hybridized carbons (Fsp3) is 0.619. The first kappa shape index (κ1) is 23.1. The number of sulfonamides is 1. The van der Waals surface area contributed by atoms with Crippen molar-refractivity contribution in [2.75, 3.05) is 25.1 Å². The first-order valence-electron chi connectivity index (χ1n) is 10.5. The zero-order valence-electron chi connectivity index (χ0n) is 17.6. The molecule has 1 aliphatic heterocycles. The molecule has 3 rings (SSSR count). The maximum absolute atomic E-state index is 12.8. The standard InChI is InChI=1S/C21H31N3O4S2/c1-15-3-7-18(8-4-15)30(27,28)24-12-9-17(10-13-24)22-21(26)19(11-14-29-2)23-20(25)16-5-6-16/h3-4,7-8,16-17,19H,5-6,9-14H2,1-2H3,(H,22,26)(H,23,25)/t19-/m1/s1. The van der Waals surface area contributed by atoms with Gasteiger partial charge in [-0.15, -0.1) is 0 Å². The maximum Gasteiger partial charge on any atom is 0.243 e. The quantitative estimate of drug-likeness (QED) is 0.596. The number of hydrogen-bond acceptors (Lipinski definition) is 5. The smallest absolute Gasteiger partial charge is 0.243 e. The summed E-state index contributed by atoms with van der Waals surface area (Å²) in [5.74, 6) is 0.647. The monoisotopic (exact) mass is 453 g/mol. The average Bonchev–Trinajstić information content (AvgIpc) is 3.57. The van der Waals surface area contributed by atoms with E-state index in [1.807, 2.05) is 13.2 Å². The van der Waals surface area contributed by atoms with Crippen molar-refractivity contribution in [2.45, 2.75) is 56.0 Å². The van der Waals surface area contributed by atoms with Crippen LogP contribution in [0.25, 0.3) is 0 Å². The zero-order valence-corrected chi connectivity index (χ0v) is 19.2. The minimum atomic E-state index is -3.52. The molecule has 166 valence electrons. The van der Waals surface area contributed by atoms with E-state index in [0.717, 1.165) is 24.2 Å². The van der Waals surface area contributed by atoms with E-state index in [1.54, 1.807) is 36.0 Å². The highest BCUT2D eigenvalue weighted by Crippen LogP contribution is 2.29. The summed E-state index contributed by atoms with van der Waals surface area (Å²) >= 11 is 1.64. The molecule has 1 aliphatic carbocycles. The second kappa shape index (κ2) is 10.2. The van der Waals surface area contributed by atoms with Crippen LogP contribution in [0.15, 0.2) is 29.2 Å². The fourth-order valence-corrected chi connectivity index (χ4v) is 5.48. The van der Waals surface area contributed by atoms with Crippen LogP contribution >= 0.6 is 11.8 Å². The number of thioether (sulfide) groups is 1. The van der Waals surface area contributed by atoms with Gasteiger partial charge in [-0.25, -0.2) is 8.42 Å². The van der Waals surface area contributed by atoms with E-state index in [0.29, 0.717) is 37.2 Å². The van der Waals surface area contributed by atoms with Gasteiger partial charge < -0.3 is 10.6 Å². The van der Waals surface area contributed by atoms with Crippen molar-refractivity contribution in [3.63, 3.8) is 0 Å². The van der Waals surface area contributed by atoms with Crippen molar-refractivity contribution in [3.8, 4) is 0 Å². The molecular formula is C21H31N3O4S2. The summed E-state index contributed by atoms with van der Waals surface area (Å²) < 4.78 is 27.2. The first-order valence-corrected chi connectivity index (χ1v) is 13.3. The number of aryl methyl sites for hydroxylation is 1. The molecule has 0 bridgehead atoms. The second-order valence-corrected chi connectivity index (χ2v) is 11.0. The summed E-state index contributed by atoms with van der Waals surface area (Å²) in [4.78, 5) is 25.2. The van der Waals surface area contributed by atoms with Gasteiger partial charge in [0.15, 0.2) is 0 Å². The highest BCUT2D eigenvalue weighted by molar-refractivity contribution is 7.98. The van der Waals surface area contributed by atoms with Gasteiger partial charge in [0.1, 0.15) is 6.04 Å². The number of piperidine rings is 1. The molecule has 1 aromatic rings. The van der Waals surface area contributed by atoms with Crippen LogP contribution in [0, 0.1) is 12.8 Å². The van der Waals surface area contributed by atoms with Crippen molar-refractivity contribution in [3.05, 3.63) is 29.8 Å². The number of rotatable bonds is 9. The number of amides is 2. The predicted octanol–water partition coefficient (Wildman–Crippen LogP) is 1.91. The Labute approximate surface area is 183 Å². The molecular weight excluding hydrogens is 422 g/mol. The lowest BCUT2D eigenvalue weighted by Crippen LogP contribution is -2.53. The highest BCUT2D eigenvalue weighted by atomic mass is 32.2. The van der Waals surface area contributed by atoms with E-state index in [-0.39, 0.29) is 23.8 Å². The molecule has 1 aromatic carbocycles. The summed E-state index contributed by atoms with van der Waals surface area (Å²) in [5.41, 5.74) is 1.01. The van der Waals surface area contributed by atoms with Crippen LogP contribution in [-0.4, -0.2) is 61.7 Å². The SMILES string of the molecule is CSCC[C@@H](NC(=O)C1CC1)C(=O)NC1CCN(S(=O)(=O)c2ccc(C)cc2)CC1. The Morgan fingerprint density at radius 1 is 1.13 bits per heavy atom. The zero-order chi connectivity index (χ0) is 21.7. The normalized spacial score (nSPS) is 19.3. The minimum absolute atomic E-state index is 0.0322. The van der Waals surface area contributed by atoms with Gasteiger partial charge >= 0.3 is 0 Å². The van der Waals surface area contributed by atoms with Gasteiger partial charge in [-0.2, -0.15) is 16.1 Å². The van der Waals surface area contributed by atoms with Gasteiger partial charge in [0.25, 0.3) is 0 Å². The molecule has 7 nitrogen and oxygen atoms in total. The van der Waals surface area contributed by atoms with E-state index in [1.165, 1.54) is 4.31 Å². The molecule has 2 fully saturated rings. The van der Waals surface area contributed by atoms with E-state index in [4.69, 9.17) is 0 Å². The molecule has 1 heterocycles. The molecule has 2 N–H and O–H groups in total. The summed E-state index contributed by atoms with van der Waals surface area (Å²) in [7, 11) is -3.52. The van der Waals surface area contributed by atoms with Crippen LogP contribution < -0.4 is 10.6 Å². The van der Waals surface area contributed by atoms with Crippen LogP contribution in [-0.2, 0) is 19.6 Å². The fourth-order valence-electron chi connectivity index (χ4n) is 3.54. The number of benzene rings is 1. The van der Waals surface area contributed by atoms with Gasteiger partial charge in [0, 0.05) is 25.0 Å². The number of hydrogen-bond donors (Lipinski definition) is 2. The third kappa shape index (κ3) is 5.98. The van der Waals surface area contributed by atoms with Crippen molar-refractivity contribution >= 4 is 33.6 Å². The van der Waals surface area contributed by atoms with E-state index >= 15 is 0 Å². The molecule has 0 radical (unpaired) electrons. The topological polar surface area (TPSA) is 95.6 Å². The van der Waals surface area contributed by atoms with E-state index < -0.39 is 16.1 Å².